The van der Waals surface area contributed by atoms with E-state index in [-0.39, 0.29) is 11.9 Å². The van der Waals surface area contributed by atoms with Gasteiger partial charge in [-0.05, 0) is 19.4 Å². The van der Waals surface area contributed by atoms with Crippen molar-refractivity contribution in [3.63, 3.8) is 0 Å². The second-order valence-electron chi connectivity index (χ2n) is 6.18. The minimum absolute atomic E-state index is 0.0350. The van der Waals surface area contributed by atoms with E-state index in [2.05, 4.69) is 10.3 Å². The van der Waals surface area contributed by atoms with E-state index in [1.807, 2.05) is 43.0 Å². The van der Waals surface area contributed by atoms with E-state index >= 15 is 0 Å². The molecule has 0 radical (unpaired) electrons. The Kier molecular flexibility index (Phi) is 4.74. The minimum atomic E-state index is -0.0350. The summed E-state index contributed by atoms with van der Waals surface area (Å²) in [6.07, 6.45) is 0.921. The van der Waals surface area contributed by atoms with Gasteiger partial charge < -0.3 is 20.1 Å². The molecule has 1 aromatic carbocycles. The Labute approximate surface area is 141 Å². The van der Waals surface area contributed by atoms with Gasteiger partial charge in [-0.3, -0.25) is 4.79 Å². The monoisotopic (exact) mass is 328 g/mol. The molecule has 0 bridgehead atoms. The molecule has 24 heavy (non-hydrogen) atoms. The number of piperazine rings is 1. The first-order valence-electron chi connectivity index (χ1n) is 8.51. The highest BCUT2D eigenvalue weighted by Crippen LogP contribution is 2.23. The summed E-state index contributed by atoms with van der Waals surface area (Å²) in [4.78, 5) is 31.8. The molecule has 2 heterocycles. The highest BCUT2D eigenvalue weighted by atomic mass is 16.2. The van der Waals surface area contributed by atoms with Crippen LogP contribution in [0.2, 0.25) is 0 Å². The van der Waals surface area contributed by atoms with Gasteiger partial charge in [0.05, 0.1) is 5.56 Å². The number of nitrogens with one attached hydrogen (secondary N) is 2. The van der Waals surface area contributed by atoms with Gasteiger partial charge in [0.25, 0.3) is 5.91 Å². The summed E-state index contributed by atoms with van der Waals surface area (Å²) in [5.74, 6) is 0.0403. The van der Waals surface area contributed by atoms with Crippen molar-refractivity contribution < 1.29 is 9.59 Å². The molecule has 0 saturated carbocycles. The third-order valence-electron chi connectivity index (χ3n) is 4.49. The van der Waals surface area contributed by atoms with Crippen molar-refractivity contribution in [1.82, 2.24) is 20.1 Å². The van der Waals surface area contributed by atoms with Gasteiger partial charge in [0.1, 0.15) is 0 Å². The number of carbonyl (C=O) groups excluding carboxylic acids is 2. The number of urea groups is 1. The Bertz CT molecular complexity index is 745. The van der Waals surface area contributed by atoms with E-state index < -0.39 is 0 Å². The molecule has 0 aliphatic carbocycles. The Hall–Kier alpha value is -2.50. The van der Waals surface area contributed by atoms with Crippen LogP contribution >= 0.6 is 0 Å². The Morgan fingerprint density at radius 1 is 1.12 bits per heavy atom. The van der Waals surface area contributed by atoms with Gasteiger partial charge >= 0.3 is 6.03 Å². The summed E-state index contributed by atoms with van der Waals surface area (Å²) in [7, 11) is 0. The van der Waals surface area contributed by atoms with Gasteiger partial charge in [-0.1, -0.05) is 25.1 Å². The number of benzene rings is 1. The molecule has 1 fully saturated rings. The summed E-state index contributed by atoms with van der Waals surface area (Å²) < 4.78 is 0. The van der Waals surface area contributed by atoms with Crippen LogP contribution in [0.1, 0.15) is 29.4 Å². The number of amides is 3. The highest BCUT2D eigenvalue weighted by molar-refractivity contribution is 6.08. The number of nitrogens with zero attached hydrogens (tertiary/aromatic N) is 2. The van der Waals surface area contributed by atoms with Crippen molar-refractivity contribution >= 4 is 22.8 Å². The van der Waals surface area contributed by atoms with Crippen molar-refractivity contribution in [2.75, 3.05) is 32.7 Å². The molecular weight excluding hydrogens is 304 g/mol. The molecule has 6 nitrogen and oxygen atoms in total. The number of hydrogen-bond donors (Lipinski definition) is 2. The topological polar surface area (TPSA) is 68.4 Å². The Morgan fingerprint density at radius 3 is 2.50 bits per heavy atom. The first kappa shape index (κ1) is 16.4. The molecule has 2 N–H and O–H groups in total. The standard InChI is InChI=1S/C18H24N4O2/c1-3-8-19-18(24)22-11-9-21(10-12-22)17(23)16-13(2)20-15-7-5-4-6-14(15)16/h4-7,20H,3,8-12H2,1-2H3,(H,19,24). The predicted molar refractivity (Wildman–Crippen MR) is 94.2 cm³/mol. The van der Waals surface area contributed by atoms with Gasteiger partial charge in [-0.15, -0.1) is 0 Å². The zero-order valence-electron chi connectivity index (χ0n) is 14.3. The fourth-order valence-corrected chi connectivity index (χ4v) is 3.17. The number of aromatic amines is 1. The molecule has 1 aliphatic heterocycles. The summed E-state index contributed by atoms with van der Waals surface area (Å²) in [6, 6.07) is 7.82. The highest BCUT2D eigenvalue weighted by Gasteiger charge is 2.27. The van der Waals surface area contributed by atoms with E-state index in [1.165, 1.54) is 0 Å². The number of aryl methyl sites for hydroxylation is 1. The van der Waals surface area contributed by atoms with Crippen LogP contribution < -0.4 is 5.32 Å². The van der Waals surface area contributed by atoms with E-state index in [0.29, 0.717) is 32.7 Å². The molecule has 0 spiro atoms. The number of aromatic nitrogens is 1. The number of hydrogen-bond acceptors (Lipinski definition) is 2. The van der Waals surface area contributed by atoms with Crippen LogP contribution in [0.3, 0.4) is 0 Å². The second kappa shape index (κ2) is 6.95. The van der Waals surface area contributed by atoms with Crippen molar-refractivity contribution in [3.8, 4) is 0 Å². The van der Waals surface area contributed by atoms with Gasteiger partial charge in [-0.2, -0.15) is 0 Å². The normalized spacial score (nSPS) is 14.9. The average Bonchev–Trinajstić information content (AvgIpc) is 2.95. The van der Waals surface area contributed by atoms with Crippen LogP contribution in [-0.2, 0) is 0 Å². The minimum Gasteiger partial charge on any atom is -0.358 e. The van der Waals surface area contributed by atoms with Crippen LogP contribution in [0.25, 0.3) is 10.9 Å². The molecule has 3 rings (SSSR count). The van der Waals surface area contributed by atoms with Crippen LogP contribution in [-0.4, -0.2) is 59.4 Å². The molecule has 2 aromatic rings. The lowest BCUT2D eigenvalue weighted by Gasteiger charge is -2.34. The van der Waals surface area contributed by atoms with Gasteiger partial charge in [-0.25, -0.2) is 4.79 Å². The molecule has 1 saturated heterocycles. The van der Waals surface area contributed by atoms with Crippen molar-refractivity contribution in [2.24, 2.45) is 0 Å². The van der Waals surface area contributed by atoms with Crippen LogP contribution in [0.4, 0.5) is 4.79 Å². The average molecular weight is 328 g/mol. The number of para-hydroxylation sites is 1. The first-order valence-corrected chi connectivity index (χ1v) is 8.51. The molecule has 3 amide bonds. The molecular formula is C18H24N4O2. The number of carbonyl (C=O) groups is 2. The summed E-state index contributed by atoms with van der Waals surface area (Å²) in [5, 5.41) is 3.85. The lowest BCUT2D eigenvalue weighted by atomic mass is 10.1. The lowest BCUT2D eigenvalue weighted by molar-refractivity contribution is 0.0666. The largest absolute Gasteiger partial charge is 0.358 e. The SMILES string of the molecule is CCCNC(=O)N1CCN(C(=O)c2c(C)[nH]c3ccccc23)CC1. The summed E-state index contributed by atoms with van der Waals surface area (Å²) in [6.45, 7) is 6.93. The zero-order valence-corrected chi connectivity index (χ0v) is 14.3. The maximum atomic E-state index is 12.9. The fourth-order valence-electron chi connectivity index (χ4n) is 3.17. The third-order valence-corrected chi connectivity index (χ3v) is 4.49. The van der Waals surface area contributed by atoms with Crippen LogP contribution in [0.5, 0.6) is 0 Å². The zero-order chi connectivity index (χ0) is 17.1. The van der Waals surface area contributed by atoms with Crippen molar-refractivity contribution in [2.45, 2.75) is 20.3 Å². The van der Waals surface area contributed by atoms with Crippen LogP contribution in [0.15, 0.2) is 24.3 Å². The summed E-state index contributed by atoms with van der Waals surface area (Å²) in [5.41, 5.74) is 2.62. The van der Waals surface area contributed by atoms with Crippen molar-refractivity contribution in [1.29, 1.82) is 0 Å². The molecule has 0 unspecified atom stereocenters. The van der Waals surface area contributed by atoms with E-state index in [1.54, 1.807) is 4.90 Å². The Morgan fingerprint density at radius 2 is 1.79 bits per heavy atom. The molecule has 1 aromatic heterocycles. The van der Waals surface area contributed by atoms with E-state index in [9.17, 15) is 9.59 Å². The van der Waals surface area contributed by atoms with Crippen molar-refractivity contribution in [3.05, 3.63) is 35.5 Å². The predicted octanol–water partition coefficient (Wildman–Crippen LogP) is 2.35. The summed E-state index contributed by atoms with van der Waals surface area (Å²) >= 11 is 0. The maximum absolute atomic E-state index is 12.9. The van der Waals surface area contributed by atoms with Gasteiger partial charge in [0.15, 0.2) is 0 Å². The second-order valence-corrected chi connectivity index (χ2v) is 6.18. The quantitative estimate of drug-likeness (QED) is 0.908. The first-order chi connectivity index (χ1) is 11.6. The van der Waals surface area contributed by atoms with E-state index in [0.717, 1.165) is 28.6 Å². The molecule has 1 aliphatic rings. The number of fused-ring (bicyclic) bond motifs is 1. The lowest BCUT2D eigenvalue weighted by Crippen LogP contribution is -2.53. The van der Waals surface area contributed by atoms with Gasteiger partial charge in [0.2, 0.25) is 0 Å². The van der Waals surface area contributed by atoms with E-state index in [4.69, 9.17) is 0 Å². The maximum Gasteiger partial charge on any atom is 0.317 e. The molecule has 6 heteroatoms. The smallest absolute Gasteiger partial charge is 0.317 e. The number of rotatable bonds is 3. The molecule has 0 atom stereocenters. The number of H-pyrrole nitrogens is 1. The Balaban J connectivity index is 1.69. The van der Waals surface area contributed by atoms with Crippen LogP contribution in [0, 0.1) is 6.92 Å². The van der Waals surface area contributed by atoms with Gasteiger partial charge in [0, 0.05) is 49.3 Å². The fraction of sp³-hybridized carbons (Fsp3) is 0.444. The third kappa shape index (κ3) is 3.09. The molecule has 128 valence electrons.